The van der Waals surface area contributed by atoms with Crippen molar-refractivity contribution >= 4 is 11.0 Å². The highest BCUT2D eigenvalue weighted by atomic mass is 16.5. The van der Waals surface area contributed by atoms with Gasteiger partial charge in [0, 0.05) is 18.6 Å². The Labute approximate surface area is 134 Å². The zero-order valence-corrected chi connectivity index (χ0v) is 13.2. The fourth-order valence-electron chi connectivity index (χ4n) is 2.50. The van der Waals surface area contributed by atoms with Gasteiger partial charge in [-0.3, -0.25) is 4.79 Å². The van der Waals surface area contributed by atoms with E-state index in [1.165, 1.54) is 5.56 Å². The molecule has 0 aliphatic heterocycles. The first-order chi connectivity index (χ1) is 11.2. The maximum Gasteiger partial charge on any atom is 0.192 e. The maximum atomic E-state index is 12.2. The van der Waals surface area contributed by atoms with Gasteiger partial charge in [0.05, 0.1) is 19.6 Å². The Bertz CT molecular complexity index is 863. The molecule has 23 heavy (non-hydrogen) atoms. The highest BCUT2D eigenvalue weighted by Crippen LogP contribution is 2.20. The maximum absolute atomic E-state index is 12.2. The smallest absolute Gasteiger partial charge is 0.192 e. The van der Waals surface area contributed by atoms with Crippen molar-refractivity contribution in [1.29, 1.82) is 0 Å². The lowest BCUT2D eigenvalue weighted by Gasteiger charge is -2.06. The van der Waals surface area contributed by atoms with E-state index in [1.54, 1.807) is 38.5 Å². The molecular formula is C19H18O4. The Morgan fingerprint density at radius 2 is 1.57 bits per heavy atom. The summed E-state index contributed by atoms with van der Waals surface area (Å²) in [5.41, 5.74) is 1.69. The normalized spacial score (nSPS) is 10.7. The van der Waals surface area contributed by atoms with Crippen LogP contribution in [0.15, 0.2) is 57.7 Å². The molecule has 3 aromatic rings. The number of hydrogen-bond donors (Lipinski definition) is 0. The second-order valence-corrected chi connectivity index (χ2v) is 5.29. The molecule has 0 fully saturated rings. The van der Waals surface area contributed by atoms with E-state index < -0.39 is 0 Å². The minimum Gasteiger partial charge on any atom is -0.497 e. The van der Waals surface area contributed by atoms with Crippen molar-refractivity contribution in [3.8, 4) is 11.5 Å². The van der Waals surface area contributed by atoms with Gasteiger partial charge in [-0.15, -0.1) is 0 Å². The lowest BCUT2D eigenvalue weighted by atomic mass is 10.1. The molecule has 0 aliphatic carbocycles. The van der Waals surface area contributed by atoms with E-state index in [2.05, 4.69) is 0 Å². The largest absolute Gasteiger partial charge is 0.497 e. The second kappa shape index (κ2) is 6.57. The van der Waals surface area contributed by atoms with E-state index in [0.29, 0.717) is 28.9 Å². The topological polar surface area (TPSA) is 48.7 Å². The van der Waals surface area contributed by atoms with Crippen molar-refractivity contribution < 1.29 is 13.9 Å². The quantitative estimate of drug-likeness (QED) is 0.722. The van der Waals surface area contributed by atoms with Crippen molar-refractivity contribution in [2.24, 2.45) is 0 Å². The number of hydrogen-bond acceptors (Lipinski definition) is 4. The van der Waals surface area contributed by atoms with Crippen molar-refractivity contribution in [3.63, 3.8) is 0 Å². The van der Waals surface area contributed by atoms with E-state index in [9.17, 15) is 4.79 Å². The third kappa shape index (κ3) is 3.37. The number of fused-ring (bicyclic) bond motifs is 1. The molecule has 2 aromatic carbocycles. The average Bonchev–Trinajstić information content (AvgIpc) is 2.60. The molecular weight excluding hydrogens is 292 g/mol. The lowest BCUT2D eigenvalue weighted by molar-refractivity contribution is 0.414. The highest BCUT2D eigenvalue weighted by Gasteiger charge is 2.07. The summed E-state index contributed by atoms with van der Waals surface area (Å²) in [5.74, 6) is 2.18. The van der Waals surface area contributed by atoms with Crippen molar-refractivity contribution in [1.82, 2.24) is 0 Å². The first kappa shape index (κ1) is 15.2. The van der Waals surface area contributed by atoms with E-state index in [-0.39, 0.29) is 5.43 Å². The predicted octanol–water partition coefficient (Wildman–Crippen LogP) is 3.60. The van der Waals surface area contributed by atoms with Crippen LogP contribution < -0.4 is 14.9 Å². The Balaban J connectivity index is 1.83. The van der Waals surface area contributed by atoms with Crippen LogP contribution in [0.4, 0.5) is 0 Å². The molecule has 1 heterocycles. The van der Waals surface area contributed by atoms with Crippen LogP contribution in [0.3, 0.4) is 0 Å². The van der Waals surface area contributed by atoms with Crippen LogP contribution in [-0.4, -0.2) is 14.2 Å². The van der Waals surface area contributed by atoms with Crippen LogP contribution in [-0.2, 0) is 12.8 Å². The van der Waals surface area contributed by atoms with E-state index in [0.717, 1.165) is 12.2 Å². The van der Waals surface area contributed by atoms with Gasteiger partial charge in [-0.05, 0) is 36.2 Å². The summed E-state index contributed by atoms with van der Waals surface area (Å²) in [7, 11) is 3.24. The first-order valence-electron chi connectivity index (χ1n) is 7.43. The summed E-state index contributed by atoms with van der Waals surface area (Å²) in [6.45, 7) is 0. The molecule has 0 radical (unpaired) electrons. The molecule has 3 rings (SSSR count). The standard InChI is InChI=1S/C19H18O4/c1-21-14-6-3-13(4-7-14)5-8-16-11-18(20)17-10-9-15(22-2)12-19(17)23-16/h3-4,6-7,9-12H,5,8H2,1-2H3. The number of benzene rings is 2. The summed E-state index contributed by atoms with van der Waals surface area (Å²) in [4.78, 5) is 12.2. The highest BCUT2D eigenvalue weighted by molar-refractivity contribution is 5.77. The second-order valence-electron chi connectivity index (χ2n) is 5.29. The number of methoxy groups -OCH3 is 2. The van der Waals surface area contributed by atoms with Crippen molar-refractivity contribution in [2.75, 3.05) is 14.2 Å². The van der Waals surface area contributed by atoms with Crippen LogP contribution in [0, 0.1) is 0 Å². The Morgan fingerprint density at radius 1 is 0.870 bits per heavy atom. The first-order valence-corrected chi connectivity index (χ1v) is 7.43. The lowest BCUT2D eigenvalue weighted by Crippen LogP contribution is -2.03. The summed E-state index contributed by atoms with van der Waals surface area (Å²) < 4.78 is 16.2. The van der Waals surface area contributed by atoms with Gasteiger partial charge in [0.15, 0.2) is 5.43 Å². The molecule has 0 saturated carbocycles. The van der Waals surface area contributed by atoms with Gasteiger partial charge in [0.25, 0.3) is 0 Å². The summed E-state index contributed by atoms with van der Waals surface area (Å²) in [5, 5.41) is 0.569. The van der Waals surface area contributed by atoms with Gasteiger partial charge < -0.3 is 13.9 Å². The minimum atomic E-state index is -0.0290. The molecule has 0 aliphatic rings. The molecule has 0 saturated heterocycles. The zero-order valence-electron chi connectivity index (χ0n) is 13.2. The van der Waals surface area contributed by atoms with Gasteiger partial charge in [-0.1, -0.05) is 12.1 Å². The summed E-state index contributed by atoms with van der Waals surface area (Å²) in [6.07, 6.45) is 1.46. The Morgan fingerprint density at radius 3 is 2.26 bits per heavy atom. The third-order valence-electron chi connectivity index (χ3n) is 3.81. The van der Waals surface area contributed by atoms with Gasteiger partial charge in [0.2, 0.25) is 0 Å². The average molecular weight is 310 g/mol. The van der Waals surface area contributed by atoms with Crippen LogP contribution in [0.1, 0.15) is 11.3 Å². The molecule has 0 amide bonds. The molecule has 0 N–H and O–H groups in total. The molecule has 0 atom stereocenters. The van der Waals surface area contributed by atoms with Gasteiger partial charge >= 0.3 is 0 Å². The van der Waals surface area contributed by atoms with E-state index in [4.69, 9.17) is 13.9 Å². The molecule has 0 spiro atoms. The van der Waals surface area contributed by atoms with Crippen molar-refractivity contribution in [2.45, 2.75) is 12.8 Å². The van der Waals surface area contributed by atoms with Crippen LogP contribution in [0.25, 0.3) is 11.0 Å². The molecule has 1 aromatic heterocycles. The summed E-state index contributed by atoms with van der Waals surface area (Å²) >= 11 is 0. The minimum absolute atomic E-state index is 0.0290. The molecule has 0 bridgehead atoms. The van der Waals surface area contributed by atoms with Crippen LogP contribution in [0.2, 0.25) is 0 Å². The number of ether oxygens (including phenoxy) is 2. The molecule has 118 valence electrons. The van der Waals surface area contributed by atoms with E-state index in [1.807, 2.05) is 24.3 Å². The Hall–Kier alpha value is -2.75. The van der Waals surface area contributed by atoms with Gasteiger partial charge in [-0.2, -0.15) is 0 Å². The predicted molar refractivity (Wildman–Crippen MR) is 89.4 cm³/mol. The molecule has 4 nitrogen and oxygen atoms in total. The fraction of sp³-hybridized carbons (Fsp3) is 0.211. The number of rotatable bonds is 5. The Kier molecular flexibility index (Phi) is 4.33. The summed E-state index contributed by atoms with van der Waals surface area (Å²) in [6, 6.07) is 14.7. The van der Waals surface area contributed by atoms with Crippen LogP contribution >= 0.6 is 0 Å². The van der Waals surface area contributed by atoms with Gasteiger partial charge in [0.1, 0.15) is 22.8 Å². The zero-order chi connectivity index (χ0) is 16.2. The van der Waals surface area contributed by atoms with Crippen molar-refractivity contribution in [3.05, 3.63) is 70.1 Å². The number of aryl methyl sites for hydroxylation is 2. The van der Waals surface area contributed by atoms with Crippen LogP contribution in [0.5, 0.6) is 11.5 Å². The monoisotopic (exact) mass is 310 g/mol. The van der Waals surface area contributed by atoms with Gasteiger partial charge in [-0.25, -0.2) is 0 Å². The molecule has 0 unspecified atom stereocenters. The SMILES string of the molecule is COc1ccc(CCc2cc(=O)c3ccc(OC)cc3o2)cc1. The fourth-order valence-corrected chi connectivity index (χ4v) is 2.50. The molecule has 4 heteroatoms. The third-order valence-corrected chi connectivity index (χ3v) is 3.81. The van der Waals surface area contributed by atoms with E-state index >= 15 is 0 Å².